The summed E-state index contributed by atoms with van der Waals surface area (Å²) in [6.07, 6.45) is 5.55. The van der Waals surface area contributed by atoms with E-state index in [-0.39, 0.29) is 17.7 Å². The first-order chi connectivity index (χ1) is 13.1. The molecule has 0 unspecified atom stereocenters. The van der Waals surface area contributed by atoms with E-state index in [1.165, 1.54) is 0 Å². The molecule has 0 saturated carbocycles. The monoisotopic (exact) mass is 365 g/mol. The number of amides is 1. The molecule has 1 fully saturated rings. The van der Waals surface area contributed by atoms with Crippen molar-refractivity contribution in [2.45, 2.75) is 12.5 Å². The highest BCUT2D eigenvalue weighted by Gasteiger charge is 2.36. The lowest BCUT2D eigenvalue weighted by Crippen LogP contribution is -2.35. The number of nitrogens with one attached hydrogen (secondary N) is 1. The standard InChI is InChI=1S/C19H23N7O/c1-24(13-15-9-22-26(23-15)16-6-4-3-5-7-16)19(27)18-11-20-10-17(18)14-8-21-25(2)12-14/h3-9,12,17-18,20H,10-11,13H2,1-2H3/t17-,18+/m1/s1. The Hall–Kier alpha value is -3.00. The first-order valence-electron chi connectivity index (χ1n) is 9.02. The van der Waals surface area contributed by atoms with Crippen molar-refractivity contribution < 1.29 is 4.79 Å². The topological polar surface area (TPSA) is 80.9 Å². The van der Waals surface area contributed by atoms with Gasteiger partial charge in [-0.15, -0.1) is 0 Å². The van der Waals surface area contributed by atoms with Gasteiger partial charge >= 0.3 is 0 Å². The zero-order valence-corrected chi connectivity index (χ0v) is 15.5. The van der Waals surface area contributed by atoms with Crippen LogP contribution in [0.15, 0.2) is 48.9 Å². The van der Waals surface area contributed by atoms with E-state index in [4.69, 9.17) is 0 Å². The molecule has 0 bridgehead atoms. The number of para-hydroxylation sites is 1. The summed E-state index contributed by atoms with van der Waals surface area (Å²) >= 11 is 0. The summed E-state index contributed by atoms with van der Waals surface area (Å²) in [7, 11) is 3.72. The molecule has 0 radical (unpaired) electrons. The zero-order chi connectivity index (χ0) is 18.8. The Bertz CT molecular complexity index is 917. The molecule has 0 aliphatic carbocycles. The molecule has 4 rings (SSSR count). The molecule has 1 N–H and O–H groups in total. The number of rotatable bonds is 5. The summed E-state index contributed by atoms with van der Waals surface area (Å²) in [6, 6.07) is 9.73. The molecule has 1 saturated heterocycles. The lowest BCUT2D eigenvalue weighted by atomic mass is 9.90. The van der Waals surface area contributed by atoms with Gasteiger partial charge in [0.1, 0.15) is 5.69 Å². The molecular weight excluding hydrogens is 342 g/mol. The fraction of sp³-hybridized carbons (Fsp3) is 0.368. The van der Waals surface area contributed by atoms with Crippen molar-refractivity contribution in [3.05, 3.63) is 60.2 Å². The van der Waals surface area contributed by atoms with Crippen LogP contribution in [0.3, 0.4) is 0 Å². The lowest BCUT2D eigenvalue weighted by molar-refractivity contribution is -0.134. The largest absolute Gasteiger partial charge is 0.339 e. The van der Waals surface area contributed by atoms with Gasteiger partial charge in [-0.25, -0.2) is 0 Å². The number of hydrogen-bond acceptors (Lipinski definition) is 5. The van der Waals surface area contributed by atoms with Gasteiger partial charge in [0.2, 0.25) is 5.91 Å². The Kier molecular flexibility index (Phi) is 4.72. The van der Waals surface area contributed by atoms with E-state index in [0.29, 0.717) is 13.1 Å². The van der Waals surface area contributed by atoms with Crippen LogP contribution < -0.4 is 5.32 Å². The third kappa shape index (κ3) is 3.61. The van der Waals surface area contributed by atoms with Crippen molar-refractivity contribution in [3.8, 4) is 5.69 Å². The maximum absolute atomic E-state index is 13.0. The number of aryl methyl sites for hydroxylation is 1. The summed E-state index contributed by atoms with van der Waals surface area (Å²) < 4.78 is 1.78. The van der Waals surface area contributed by atoms with Crippen LogP contribution in [0.5, 0.6) is 0 Å². The quantitative estimate of drug-likeness (QED) is 0.728. The minimum absolute atomic E-state index is 0.0941. The molecule has 2 aromatic heterocycles. The summed E-state index contributed by atoms with van der Waals surface area (Å²) in [4.78, 5) is 16.3. The van der Waals surface area contributed by atoms with E-state index < -0.39 is 0 Å². The molecule has 0 spiro atoms. The molecular formula is C19H23N7O. The second-order valence-electron chi connectivity index (χ2n) is 6.97. The van der Waals surface area contributed by atoms with Gasteiger partial charge in [-0.3, -0.25) is 9.48 Å². The van der Waals surface area contributed by atoms with Gasteiger partial charge in [-0.05, 0) is 17.7 Å². The van der Waals surface area contributed by atoms with Gasteiger partial charge in [0.15, 0.2) is 0 Å². The Labute approximate surface area is 157 Å². The normalized spacial score (nSPS) is 19.3. The van der Waals surface area contributed by atoms with Crippen molar-refractivity contribution >= 4 is 5.91 Å². The average Bonchev–Trinajstić information content (AvgIpc) is 3.42. The van der Waals surface area contributed by atoms with Gasteiger partial charge in [0.25, 0.3) is 0 Å². The SMILES string of the molecule is CN(Cc1cnn(-c2ccccc2)n1)C(=O)[C@H]1CNC[C@@H]1c1cnn(C)c1. The summed E-state index contributed by atoms with van der Waals surface area (Å²) in [5.41, 5.74) is 2.76. The second kappa shape index (κ2) is 7.32. The Balaban J connectivity index is 1.44. The molecule has 1 aliphatic heterocycles. The predicted octanol–water partition coefficient (Wildman–Crippen LogP) is 0.962. The van der Waals surface area contributed by atoms with Gasteiger partial charge in [-0.1, -0.05) is 18.2 Å². The van der Waals surface area contributed by atoms with Crippen LogP contribution in [0.4, 0.5) is 0 Å². The average molecular weight is 365 g/mol. The van der Waals surface area contributed by atoms with Crippen LogP contribution in [0.2, 0.25) is 0 Å². The molecule has 140 valence electrons. The highest BCUT2D eigenvalue weighted by Crippen LogP contribution is 2.29. The van der Waals surface area contributed by atoms with E-state index in [1.54, 1.807) is 20.6 Å². The highest BCUT2D eigenvalue weighted by atomic mass is 16.2. The summed E-state index contributed by atoms with van der Waals surface area (Å²) in [5, 5.41) is 16.4. The molecule has 8 heteroatoms. The minimum atomic E-state index is -0.0941. The number of carbonyl (C=O) groups excluding carboxylic acids is 1. The van der Waals surface area contributed by atoms with Crippen molar-refractivity contribution in [1.82, 2.24) is 35.0 Å². The van der Waals surface area contributed by atoms with Crippen molar-refractivity contribution in [2.24, 2.45) is 13.0 Å². The third-order valence-corrected chi connectivity index (χ3v) is 4.99. The fourth-order valence-corrected chi connectivity index (χ4v) is 3.58. The molecule has 3 heterocycles. The van der Waals surface area contributed by atoms with Gasteiger partial charge < -0.3 is 10.2 Å². The number of aromatic nitrogens is 5. The molecule has 8 nitrogen and oxygen atoms in total. The van der Waals surface area contributed by atoms with Gasteiger partial charge in [0, 0.05) is 39.3 Å². The molecule has 27 heavy (non-hydrogen) atoms. The lowest BCUT2D eigenvalue weighted by Gasteiger charge is -2.23. The number of carbonyl (C=O) groups is 1. The van der Waals surface area contributed by atoms with Crippen LogP contribution >= 0.6 is 0 Å². The van der Waals surface area contributed by atoms with E-state index >= 15 is 0 Å². The molecule has 1 amide bonds. The maximum Gasteiger partial charge on any atom is 0.227 e. The third-order valence-electron chi connectivity index (χ3n) is 4.99. The Morgan fingerprint density at radius 2 is 2.04 bits per heavy atom. The van der Waals surface area contributed by atoms with Crippen LogP contribution in [0.1, 0.15) is 17.2 Å². The van der Waals surface area contributed by atoms with E-state index in [0.717, 1.165) is 23.5 Å². The van der Waals surface area contributed by atoms with E-state index in [1.807, 2.05) is 56.8 Å². The summed E-state index contributed by atoms with van der Waals surface area (Å²) in [6.45, 7) is 1.90. The number of nitrogens with zero attached hydrogens (tertiary/aromatic N) is 6. The molecule has 1 aromatic carbocycles. The molecule has 2 atom stereocenters. The van der Waals surface area contributed by atoms with Crippen LogP contribution in [0.25, 0.3) is 5.69 Å². The number of benzene rings is 1. The van der Waals surface area contributed by atoms with Crippen molar-refractivity contribution in [2.75, 3.05) is 20.1 Å². The van der Waals surface area contributed by atoms with Crippen molar-refractivity contribution in [3.63, 3.8) is 0 Å². The first kappa shape index (κ1) is 17.4. The molecule has 1 aliphatic rings. The predicted molar refractivity (Wildman–Crippen MR) is 100 cm³/mol. The smallest absolute Gasteiger partial charge is 0.227 e. The number of hydrogen-bond donors (Lipinski definition) is 1. The van der Waals surface area contributed by atoms with Crippen LogP contribution in [-0.2, 0) is 18.4 Å². The maximum atomic E-state index is 13.0. The van der Waals surface area contributed by atoms with Gasteiger partial charge in [0.05, 0.1) is 30.5 Å². The summed E-state index contributed by atoms with van der Waals surface area (Å²) in [5.74, 6) is 0.167. The Morgan fingerprint density at radius 1 is 1.22 bits per heavy atom. The fourth-order valence-electron chi connectivity index (χ4n) is 3.58. The first-order valence-corrected chi connectivity index (χ1v) is 9.02. The second-order valence-corrected chi connectivity index (χ2v) is 6.97. The van der Waals surface area contributed by atoms with E-state index in [2.05, 4.69) is 20.6 Å². The minimum Gasteiger partial charge on any atom is -0.339 e. The zero-order valence-electron chi connectivity index (χ0n) is 15.5. The van der Waals surface area contributed by atoms with E-state index in [9.17, 15) is 4.79 Å². The van der Waals surface area contributed by atoms with Crippen LogP contribution in [0, 0.1) is 5.92 Å². The molecule has 3 aromatic rings. The highest BCUT2D eigenvalue weighted by molar-refractivity contribution is 5.80. The Morgan fingerprint density at radius 3 is 2.78 bits per heavy atom. The van der Waals surface area contributed by atoms with Gasteiger partial charge in [-0.2, -0.15) is 20.1 Å². The van der Waals surface area contributed by atoms with Crippen LogP contribution in [-0.4, -0.2) is 55.7 Å². The van der Waals surface area contributed by atoms with Crippen molar-refractivity contribution in [1.29, 1.82) is 0 Å².